The molecule has 230 valence electrons. The van der Waals surface area contributed by atoms with Crippen LogP contribution in [0.15, 0.2) is 84.2 Å². The van der Waals surface area contributed by atoms with Crippen molar-refractivity contribution in [1.82, 2.24) is 5.32 Å². The van der Waals surface area contributed by atoms with Crippen molar-refractivity contribution in [2.75, 3.05) is 53.7 Å². The van der Waals surface area contributed by atoms with Gasteiger partial charge in [0.1, 0.15) is 11.9 Å². The molecule has 0 saturated carbocycles. The molecule has 1 aromatic heterocycles. The molecule has 0 spiro atoms. The van der Waals surface area contributed by atoms with Crippen molar-refractivity contribution in [1.29, 1.82) is 0 Å². The molecule has 1 aliphatic heterocycles. The van der Waals surface area contributed by atoms with E-state index in [1.54, 1.807) is 25.6 Å². The summed E-state index contributed by atoms with van der Waals surface area (Å²) >= 11 is 1.72. The van der Waals surface area contributed by atoms with Crippen LogP contribution in [0.25, 0.3) is 10.8 Å². The SMILES string of the molecule is COC[C@@H](COC(O[C@H]1CNCC[C@@H]1c1ccc(OCCCOCc2cccs2)cc1)c1ccc2ccccc2c1)OC. The third-order valence-electron chi connectivity index (χ3n) is 7.72. The Morgan fingerprint density at radius 1 is 0.907 bits per heavy atom. The first kappa shape index (κ1) is 31.6. The molecule has 0 radical (unpaired) electrons. The number of rotatable bonds is 17. The molecule has 8 heteroatoms. The van der Waals surface area contributed by atoms with Crippen LogP contribution < -0.4 is 10.1 Å². The largest absolute Gasteiger partial charge is 0.494 e. The lowest BCUT2D eigenvalue weighted by atomic mass is 9.87. The molecule has 43 heavy (non-hydrogen) atoms. The number of hydrogen-bond acceptors (Lipinski definition) is 8. The van der Waals surface area contributed by atoms with Gasteiger partial charge in [-0.1, -0.05) is 54.6 Å². The molecule has 1 fully saturated rings. The van der Waals surface area contributed by atoms with Gasteiger partial charge in [0.05, 0.1) is 39.1 Å². The third-order valence-corrected chi connectivity index (χ3v) is 8.57. The van der Waals surface area contributed by atoms with Crippen molar-refractivity contribution in [3.63, 3.8) is 0 Å². The zero-order chi connectivity index (χ0) is 29.7. The van der Waals surface area contributed by atoms with E-state index in [-0.39, 0.29) is 18.1 Å². The normalized spacial score (nSPS) is 18.5. The lowest BCUT2D eigenvalue weighted by Crippen LogP contribution is -2.42. The Balaban J connectivity index is 1.21. The van der Waals surface area contributed by atoms with Gasteiger partial charge in [-0.3, -0.25) is 0 Å². The summed E-state index contributed by atoms with van der Waals surface area (Å²) in [6.07, 6.45) is 1.03. The van der Waals surface area contributed by atoms with Gasteiger partial charge in [0.2, 0.25) is 0 Å². The van der Waals surface area contributed by atoms with Gasteiger partial charge in [-0.2, -0.15) is 0 Å². The van der Waals surface area contributed by atoms with Crippen LogP contribution in [0.3, 0.4) is 0 Å². The Hall–Kier alpha value is -2.82. The first-order chi connectivity index (χ1) is 21.2. The summed E-state index contributed by atoms with van der Waals surface area (Å²) in [4.78, 5) is 1.25. The van der Waals surface area contributed by atoms with E-state index < -0.39 is 6.29 Å². The number of hydrogen-bond donors (Lipinski definition) is 1. The third kappa shape index (κ3) is 9.33. The van der Waals surface area contributed by atoms with Crippen molar-refractivity contribution >= 4 is 22.1 Å². The molecule has 1 saturated heterocycles. The van der Waals surface area contributed by atoms with E-state index in [9.17, 15) is 0 Å². The van der Waals surface area contributed by atoms with Crippen LogP contribution >= 0.6 is 11.3 Å². The molecule has 1 aliphatic rings. The van der Waals surface area contributed by atoms with Crippen LogP contribution in [-0.2, 0) is 30.3 Å². The van der Waals surface area contributed by atoms with E-state index in [1.807, 2.05) is 6.07 Å². The number of benzene rings is 3. The van der Waals surface area contributed by atoms with E-state index in [0.29, 0.717) is 33.0 Å². The van der Waals surface area contributed by atoms with Gasteiger partial charge < -0.3 is 33.7 Å². The first-order valence-electron chi connectivity index (χ1n) is 15.0. The van der Waals surface area contributed by atoms with Gasteiger partial charge >= 0.3 is 0 Å². The van der Waals surface area contributed by atoms with Crippen LogP contribution in [0.5, 0.6) is 5.75 Å². The van der Waals surface area contributed by atoms with E-state index >= 15 is 0 Å². The van der Waals surface area contributed by atoms with Gasteiger partial charge in [-0.15, -0.1) is 11.3 Å². The molecule has 0 amide bonds. The van der Waals surface area contributed by atoms with Crippen molar-refractivity contribution in [2.24, 2.45) is 0 Å². The predicted molar refractivity (Wildman–Crippen MR) is 171 cm³/mol. The summed E-state index contributed by atoms with van der Waals surface area (Å²) < 4.78 is 35.8. The van der Waals surface area contributed by atoms with Crippen molar-refractivity contribution in [2.45, 2.75) is 43.9 Å². The fraction of sp³-hybridized carbons (Fsp3) is 0.429. The Kier molecular flexibility index (Phi) is 12.4. The van der Waals surface area contributed by atoms with Gasteiger partial charge in [-0.25, -0.2) is 0 Å². The summed E-state index contributed by atoms with van der Waals surface area (Å²) in [5.41, 5.74) is 2.22. The molecule has 3 aromatic carbocycles. The molecule has 0 bridgehead atoms. The summed E-state index contributed by atoms with van der Waals surface area (Å²) in [6.45, 7) is 4.46. The van der Waals surface area contributed by atoms with Gasteiger partial charge in [0.15, 0.2) is 6.29 Å². The van der Waals surface area contributed by atoms with Gasteiger partial charge in [0.25, 0.3) is 0 Å². The topological polar surface area (TPSA) is 67.4 Å². The highest BCUT2D eigenvalue weighted by molar-refractivity contribution is 7.09. The van der Waals surface area contributed by atoms with E-state index in [2.05, 4.69) is 83.5 Å². The highest BCUT2D eigenvalue weighted by Gasteiger charge is 2.31. The number of fused-ring (bicyclic) bond motifs is 1. The summed E-state index contributed by atoms with van der Waals surface area (Å²) in [7, 11) is 3.34. The minimum Gasteiger partial charge on any atom is -0.494 e. The monoisotopic (exact) mass is 605 g/mol. The second kappa shape index (κ2) is 16.9. The lowest BCUT2D eigenvalue weighted by Gasteiger charge is -2.35. The Bertz CT molecular complexity index is 1350. The van der Waals surface area contributed by atoms with Crippen LogP contribution in [-0.4, -0.2) is 65.9 Å². The number of methoxy groups -OCH3 is 2. The van der Waals surface area contributed by atoms with Crippen LogP contribution in [0, 0.1) is 0 Å². The molecule has 1 unspecified atom stereocenters. The standard InChI is InChI=1S/C35H43NO6S/c1-37-23-31(38-2)24-41-35(29-11-10-26-7-3-4-8-28(26)21-29)42-34-22-36-17-16-33(34)27-12-14-30(15-13-27)40-19-6-18-39-25-32-9-5-20-43-32/h3-5,7-15,20-21,31,33-36H,6,16-19,22-25H2,1-2H3/t31-,33+,34-,35?/m0/s1. The highest BCUT2D eigenvalue weighted by Crippen LogP contribution is 2.34. The highest BCUT2D eigenvalue weighted by atomic mass is 32.1. The number of nitrogens with one attached hydrogen (secondary N) is 1. The number of thiophene rings is 1. The van der Waals surface area contributed by atoms with Crippen molar-refractivity contribution < 1.29 is 28.4 Å². The molecular weight excluding hydrogens is 562 g/mol. The fourth-order valence-electron chi connectivity index (χ4n) is 5.38. The molecule has 5 rings (SSSR count). The number of ether oxygens (including phenoxy) is 6. The second-order valence-electron chi connectivity index (χ2n) is 10.8. The Morgan fingerprint density at radius 3 is 2.56 bits per heavy atom. The predicted octanol–water partition coefficient (Wildman–Crippen LogP) is 6.73. The maximum absolute atomic E-state index is 6.80. The average Bonchev–Trinajstić information content (AvgIpc) is 3.58. The van der Waals surface area contributed by atoms with E-state index in [4.69, 9.17) is 28.4 Å². The average molecular weight is 606 g/mol. The van der Waals surface area contributed by atoms with Crippen LogP contribution in [0.4, 0.5) is 0 Å². The van der Waals surface area contributed by atoms with Crippen molar-refractivity contribution in [3.05, 3.63) is 100 Å². The maximum atomic E-state index is 6.80. The van der Waals surface area contributed by atoms with Crippen LogP contribution in [0.2, 0.25) is 0 Å². The summed E-state index contributed by atoms with van der Waals surface area (Å²) in [6, 6.07) is 27.3. The fourth-order valence-corrected chi connectivity index (χ4v) is 6.02. The van der Waals surface area contributed by atoms with Gasteiger partial charge in [0, 0.05) is 43.5 Å². The zero-order valence-corrected chi connectivity index (χ0v) is 25.9. The van der Waals surface area contributed by atoms with Crippen LogP contribution in [0.1, 0.15) is 41.1 Å². The molecule has 4 atom stereocenters. The maximum Gasteiger partial charge on any atom is 0.184 e. The second-order valence-corrected chi connectivity index (χ2v) is 11.8. The summed E-state index contributed by atoms with van der Waals surface area (Å²) in [5.74, 6) is 1.10. The minimum atomic E-state index is -0.545. The van der Waals surface area contributed by atoms with Crippen molar-refractivity contribution in [3.8, 4) is 5.75 Å². The molecule has 0 aliphatic carbocycles. The van der Waals surface area contributed by atoms with E-state index in [1.165, 1.54) is 15.8 Å². The molecule has 1 N–H and O–H groups in total. The van der Waals surface area contributed by atoms with Gasteiger partial charge in [-0.05, 0) is 58.9 Å². The Labute approximate surface area is 259 Å². The smallest absolute Gasteiger partial charge is 0.184 e. The molecular formula is C35H43NO6S. The Morgan fingerprint density at radius 2 is 1.77 bits per heavy atom. The zero-order valence-electron chi connectivity index (χ0n) is 25.1. The minimum absolute atomic E-state index is 0.0686. The number of piperidine rings is 1. The molecule has 4 aromatic rings. The molecule has 7 nitrogen and oxygen atoms in total. The summed E-state index contributed by atoms with van der Waals surface area (Å²) in [5, 5.41) is 7.93. The first-order valence-corrected chi connectivity index (χ1v) is 15.9. The quantitative estimate of drug-likeness (QED) is 0.106. The lowest BCUT2D eigenvalue weighted by molar-refractivity contribution is -0.198. The van der Waals surface area contributed by atoms with E-state index in [0.717, 1.165) is 42.6 Å². The molecule has 2 heterocycles.